The Kier molecular flexibility index (Phi) is 2.86. The van der Waals surface area contributed by atoms with Crippen molar-refractivity contribution in [3.8, 4) is 0 Å². The van der Waals surface area contributed by atoms with Gasteiger partial charge in [-0.25, -0.2) is 0 Å². The highest BCUT2D eigenvalue weighted by molar-refractivity contribution is 7.07. The molecule has 0 saturated carbocycles. The van der Waals surface area contributed by atoms with E-state index in [1.165, 1.54) is 6.08 Å². The summed E-state index contributed by atoms with van der Waals surface area (Å²) in [6, 6.07) is 1.98. The van der Waals surface area contributed by atoms with Crippen LogP contribution < -0.4 is 5.32 Å². The number of hydrogen-bond donors (Lipinski definition) is 1. The molecule has 0 spiro atoms. The maximum Gasteiger partial charge on any atom is 0.243 e. The Morgan fingerprint density at radius 3 is 3.18 bits per heavy atom. The molecule has 0 atom stereocenters. The van der Waals surface area contributed by atoms with E-state index in [2.05, 4.69) is 11.9 Å². The molecule has 0 bridgehead atoms. The summed E-state index contributed by atoms with van der Waals surface area (Å²) in [5.74, 6) is -0.129. The van der Waals surface area contributed by atoms with E-state index in [0.29, 0.717) is 6.54 Å². The summed E-state index contributed by atoms with van der Waals surface area (Å²) >= 11 is 1.62. The molecular formula is C8H9NOS. The van der Waals surface area contributed by atoms with E-state index in [1.54, 1.807) is 11.3 Å². The normalized spacial score (nSPS) is 9.09. The second kappa shape index (κ2) is 3.93. The molecule has 58 valence electrons. The lowest BCUT2D eigenvalue weighted by Gasteiger charge is -1.97. The second-order valence-corrected chi connectivity index (χ2v) is 2.83. The van der Waals surface area contributed by atoms with Gasteiger partial charge in [0.1, 0.15) is 0 Å². The predicted octanol–water partition coefficient (Wildman–Crippen LogP) is 1.55. The quantitative estimate of drug-likeness (QED) is 0.680. The van der Waals surface area contributed by atoms with Crippen LogP contribution in [-0.2, 0) is 11.3 Å². The third-order valence-electron chi connectivity index (χ3n) is 1.23. The van der Waals surface area contributed by atoms with E-state index in [1.807, 2.05) is 16.8 Å². The zero-order valence-corrected chi connectivity index (χ0v) is 6.86. The fourth-order valence-corrected chi connectivity index (χ4v) is 1.32. The van der Waals surface area contributed by atoms with Crippen LogP contribution in [0.25, 0.3) is 0 Å². The van der Waals surface area contributed by atoms with Gasteiger partial charge in [-0.05, 0) is 28.5 Å². The Balaban J connectivity index is 2.34. The topological polar surface area (TPSA) is 29.1 Å². The van der Waals surface area contributed by atoms with Crippen LogP contribution in [0, 0.1) is 0 Å². The number of hydrogen-bond acceptors (Lipinski definition) is 2. The van der Waals surface area contributed by atoms with Crippen LogP contribution in [0.5, 0.6) is 0 Å². The molecule has 0 fully saturated rings. The molecule has 0 aliphatic carbocycles. The molecule has 1 amide bonds. The molecular weight excluding hydrogens is 158 g/mol. The molecule has 0 unspecified atom stereocenters. The van der Waals surface area contributed by atoms with Gasteiger partial charge in [-0.15, -0.1) is 0 Å². The summed E-state index contributed by atoms with van der Waals surface area (Å²) in [5, 5.41) is 6.67. The van der Waals surface area contributed by atoms with Crippen LogP contribution in [0.4, 0.5) is 0 Å². The van der Waals surface area contributed by atoms with Crippen molar-refractivity contribution in [3.05, 3.63) is 35.0 Å². The monoisotopic (exact) mass is 167 g/mol. The molecule has 1 aromatic rings. The zero-order valence-electron chi connectivity index (χ0n) is 6.04. The van der Waals surface area contributed by atoms with Crippen molar-refractivity contribution in [3.63, 3.8) is 0 Å². The van der Waals surface area contributed by atoms with Crippen LogP contribution >= 0.6 is 11.3 Å². The number of carbonyl (C=O) groups excluding carboxylic acids is 1. The van der Waals surface area contributed by atoms with Crippen molar-refractivity contribution < 1.29 is 4.79 Å². The minimum atomic E-state index is -0.129. The number of thiophene rings is 1. The highest BCUT2D eigenvalue weighted by Gasteiger charge is 1.94. The molecule has 1 aromatic heterocycles. The van der Waals surface area contributed by atoms with Crippen LogP contribution in [0.15, 0.2) is 29.5 Å². The lowest BCUT2D eigenvalue weighted by Crippen LogP contribution is -2.19. The van der Waals surface area contributed by atoms with E-state index in [9.17, 15) is 4.79 Å². The average molecular weight is 167 g/mol. The smallest absolute Gasteiger partial charge is 0.243 e. The van der Waals surface area contributed by atoms with Gasteiger partial charge in [0.15, 0.2) is 0 Å². The maximum absolute atomic E-state index is 10.7. The Labute approximate surface area is 69.6 Å². The molecule has 1 N–H and O–H groups in total. The average Bonchev–Trinajstić information content (AvgIpc) is 2.52. The fourth-order valence-electron chi connectivity index (χ4n) is 0.655. The molecule has 0 aliphatic rings. The van der Waals surface area contributed by atoms with Gasteiger partial charge < -0.3 is 5.32 Å². The van der Waals surface area contributed by atoms with Gasteiger partial charge in [0.05, 0.1) is 0 Å². The first-order valence-electron chi connectivity index (χ1n) is 3.24. The van der Waals surface area contributed by atoms with E-state index in [4.69, 9.17) is 0 Å². The largest absolute Gasteiger partial charge is 0.348 e. The zero-order chi connectivity index (χ0) is 8.10. The summed E-state index contributed by atoms with van der Waals surface area (Å²) in [5.41, 5.74) is 1.13. The Morgan fingerprint density at radius 2 is 2.64 bits per heavy atom. The molecule has 2 nitrogen and oxygen atoms in total. The summed E-state index contributed by atoms with van der Waals surface area (Å²) in [6.07, 6.45) is 1.27. The van der Waals surface area contributed by atoms with Crippen molar-refractivity contribution in [1.29, 1.82) is 0 Å². The second-order valence-electron chi connectivity index (χ2n) is 2.05. The molecule has 0 radical (unpaired) electrons. The maximum atomic E-state index is 10.7. The summed E-state index contributed by atoms with van der Waals surface area (Å²) in [4.78, 5) is 10.7. The number of nitrogens with one attached hydrogen (secondary N) is 1. The van der Waals surface area contributed by atoms with Gasteiger partial charge in [-0.3, -0.25) is 4.79 Å². The lowest BCUT2D eigenvalue weighted by molar-refractivity contribution is -0.116. The van der Waals surface area contributed by atoms with Crippen molar-refractivity contribution in [2.45, 2.75) is 6.54 Å². The number of rotatable bonds is 3. The van der Waals surface area contributed by atoms with Gasteiger partial charge in [0.25, 0.3) is 0 Å². The van der Waals surface area contributed by atoms with Gasteiger partial charge in [0.2, 0.25) is 5.91 Å². The summed E-state index contributed by atoms with van der Waals surface area (Å²) in [6.45, 7) is 3.94. The lowest BCUT2D eigenvalue weighted by atomic mass is 10.3. The Morgan fingerprint density at radius 1 is 1.82 bits per heavy atom. The number of amides is 1. The standard InChI is InChI=1S/C8H9NOS/c1-2-8(10)9-5-7-3-4-11-6-7/h2-4,6H,1,5H2,(H,9,10). The van der Waals surface area contributed by atoms with Crippen molar-refractivity contribution >= 4 is 17.2 Å². The Hall–Kier alpha value is -1.09. The summed E-state index contributed by atoms with van der Waals surface area (Å²) in [7, 11) is 0. The van der Waals surface area contributed by atoms with E-state index in [-0.39, 0.29) is 5.91 Å². The highest BCUT2D eigenvalue weighted by Crippen LogP contribution is 2.04. The third kappa shape index (κ3) is 2.55. The van der Waals surface area contributed by atoms with E-state index in [0.717, 1.165) is 5.56 Å². The van der Waals surface area contributed by atoms with Gasteiger partial charge >= 0.3 is 0 Å². The van der Waals surface area contributed by atoms with Gasteiger partial charge in [-0.2, -0.15) is 11.3 Å². The fraction of sp³-hybridized carbons (Fsp3) is 0.125. The van der Waals surface area contributed by atoms with Crippen molar-refractivity contribution in [2.24, 2.45) is 0 Å². The minimum Gasteiger partial charge on any atom is -0.348 e. The number of carbonyl (C=O) groups is 1. The molecule has 11 heavy (non-hydrogen) atoms. The van der Waals surface area contributed by atoms with Crippen LogP contribution in [0.2, 0.25) is 0 Å². The van der Waals surface area contributed by atoms with Crippen molar-refractivity contribution in [2.75, 3.05) is 0 Å². The van der Waals surface area contributed by atoms with Crippen LogP contribution in [0.1, 0.15) is 5.56 Å². The molecule has 3 heteroatoms. The van der Waals surface area contributed by atoms with Gasteiger partial charge in [0, 0.05) is 6.54 Å². The van der Waals surface area contributed by atoms with E-state index >= 15 is 0 Å². The molecule has 0 aromatic carbocycles. The SMILES string of the molecule is C=CC(=O)NCc1ccsc1. The predicted molar refractivity (Wildman–Crippen MR) is 46.4 cm³/mol. The first-order chi connectivity index (χ1) is 5.33. The molecule has 1 rings (SSSR count). The van der Waals surface area contributed by atoms with Crippen molar-refractivity contribution in [1.82, 2.24) is 5.32 Å². The Bertz CT molecular complexity index is 241. The highest BCUT2D eigenvalue weighted by atomic mass is 32.1. The van der Waals surface area contributed by atoms with E-state index < -0.39 is 0 Å². The molecule has 0 saturated heterocycles. The minimum absolute atomic E-state index is 0.129. The molecule has 1 heterocycles. The first-order valence-corrected chi connectivity index (χ1v) is 4.18. The van der Waals surface area contributed by atoms with Crippen LogP contribution in [0.3, 0.4) is 0 Å². The van der Waals surface area contributed by atoms with Crippen LogP contribution in [-0.4, -0.2) is 5.91 Å². The summed E-state index contributed by atoms with van der Waals surface area (Å²) < 4.78 is 0. The first kappa shape index (κ1) is 8.01. The molecule has 0 aliphatic heterocycles. The van der Waals surface area contributed by atoms with Gasteiger partial charge in [-0.1, -0.05) is 6.58 Å². The third-order valence-corrected chi connectivity index (χ3v) is 1.96.